The highest BCUT2D eigenvalue weighted by molar-refractivity contribution is 9.10. The lowest BCUT2D eigenvalue weighted by molar-refractivity contribution is 0.102. The second kappa shape index (κ2) is 7.84. The third-order valence-electron chi connectivity index (χ3n) is 4.03. The molecule has 24 heavy (non-hydrogen) atoms. The maximum absolute atomic E-state index is 12.9. The molecule has 0 aromatic heterocycles. The smallest absolute Gasteiger partial charge is 0.256 e. The lowest BCUT2D eigenvalue weighted by Crippen LogP contribution is -2.16. The third-order valence-corrected chi connectivity index (χ3v) is 4.72. The highest BCUT2D eigenvalue weighted by atomic mass is 79.9. The number of carbonyl (C=O) groups is 1. The summed E-state index contributed by atoms with van der Waals surface area (Å²) in [6.45, 7) is 8.54. The van der Waals surface area contributed by atoms with Crippen molar-refractivity contribution in [2.24, 2.45) is 0 Å². The highest BCUT2D eigenvalue weighted by Crippen LogP contribution is 2.33. The van der Waals surface area contributed by atoms with Gasteiger partial charge in [0.05, 0.1) is 12.7 Å². The van der Waals surface area contributed by atoms with Crippen LogP contribution in [0.15, 0.2) is 40.9 Å². The van der Waals surface area contributed by atoms with Gasteiger partial charge in [-0.25, -0.2) is 0 Å². The van der Waals surface area contributed by atoms with E-state index in [0.717, 1.165) is 21.3 Å². The fraction of sp³-hybridized carbons (Fsp3) is 0.350. The zero-order valence-electron chi connectivity index (χ0n) is 14.8. The van der Waals surface area contributed by atoms with Gasteiger partial charge in [0.1, 0.15) is 5.75 Å². The topological polar surface area (TPSA) is 38.3 Å². The Morgan fingerprint density at radius 3 is 2.12 bits per heavy atom. The minimum atomic E-state index is -0.143. The Hall–Kier alpha value is -1.81. The predicted octanol–water partition coefficient (Wildman–Crippen LogP) is 5.96. The minimum Gasteiger partial charge on any atom is -0.497 e. The first kappa shape index (κ1) is 18.5. The van der Waals surface area contributed by atoms with Crippen LogP contribution in [0.4, 0.5) is 5.69 Å². The van der Waals surface area contributed by atoms with E-state index in [0.29, 0.717) is 23.1 Å². The molecule has 0 spiro atoms. The molecule has 2 aromatic rings. The van der Waals surface area contributed by atoms with Crippen LogP contribution in [0.2, 0.25) is 0 Å². The summed E-state index contributed by atoms with van der Waals surface area (Å²) in [4.78, 5) is 12.9. The van der Waals surface area contributed by atoms with Crippen molar-refractivity contribution < 1.29 is 9.53 Å². The predicted molar refractivity (Wildman–Crippen MR) is 103 cm³/mol. The Kier molecular flexibility index (Phi) is 6.05. The number of methoxy groups -OCH3 is 1. The first-order chi connectivity index (χ1) is 11.3. The second-order valence-electron chi connectivity index (χ2n) is 6.42. The van der Waals surface area contributed by atoms with Gasteiger partial charge in [-0.1, -0.05) is 45.9 Å². The monoisotopic (exact) mass is 389 g/mol. The molecule has 0 radical (unpaired) electrons. The van der Waals surface area contributed by atoms with E-state index in [1.807, 2.05) is 12.1 Å². The second-order valence-corrected chi connectivity index (χ2v) is 7.28. The summed E-state index contributed by atoms with van der Waals surface area (Å²) < 4.78 is 5.98. The number of benzene rings is 2. The molecule has 4 heteroatoms. The van der Waals surface area contributed by atoms with Gasteiger partial charge in [0.15, 0.2) is 0 Å². The lowest BCUT2D eigenvalue weighted by atomic mass is 9.92. The Balaban J connectivity index is 2.45. The number of anilines is 1. The standard InChI is InChI=1S/C20H24BrNO2/c1-12(2)15-7-6-8-16(13(3)4)19(15)22-20(23)17-11-14(24-5)9-10-18(17)21/h6-13H,1-5H3,(H,22,23). The molecular weight excluding hydrogens is 366 g/mol. The van der Waals surface area contributed by atoms with Crippen molar-refractivity contribution in [2.45, 2.75) is 39.5 Å². The van der Waals surface area contributed by atoms with Gasteiger partial charge < -0.3 is 10.1 Å². The van der Waals surface area contributed by atoms with Crippen molar-refractivity contribution in [2.75, 3.05) is 12.4 Å². The molecule has 0 fully saturated rings. The van der Waals surface area contributed by atoms with Gasteiger partial charge >= 0.3 is 0 Å². The molecule has 2 aromatic carbocycles. The molecule has 0 aliphatic heterocycles. The maximum atomic E-state index is 12.9. The normalized spacial score (nSPS) is 11.0. The molecule has 1 amide bonds. The lowest BCUT2D eigenvalue weighted by Gasteiger charge is -2.20. The van der Waals surface area contributed by atoms with Gasteiger partial charge in [0, 0.05) is 10.2 Å². The number of hydrogen-bond acceptors (Lipinski definition) is 2. The van der Waals surface area contributed by atoms with Crippen molar-refractivity contribution >= 4 is 27.5 Å². The summed E-state index contributed by atoms with van der Waals surface area (Å²) in [6.07, 6.45) is 0. The van der Waals surface area contributed by atoms with Crippen LogP contribution in [0.1, 0.15) is 61.0 Å². The molecule has 3 nitrogen and oxygen atoms in total. The molecule has 2 rings (SSSR count). The van der Waals surface area contributed by atoms with E-state index in [1.165, 1.54) is 0 Å². The van der Waals surface area contributed by atoms with E-state index in [1.54, 1.807) is 13.2 Å². The summed E-state index contributed by atoms with van der Waals surface area (Å²) in [6, 6.07) is 11.6. The Morgan fingerprint density at radius 2 is 1.62 bits per heavy atom. The van der Waals surface area contributed by atoms with Crippen LogP contribution in [-0.2, 0) is 0 Å². The van der Waals surface area contributed by atoms with Crippen LogP contribution in [0, 0.1) is 0 Å². The summed E-state index contributed by atoms with van der Waals surface area (Å²) in [5.74, 6) is 1.17. The average molecular weight is 390 g/mol. The van der Waals surface area contributed by atoms with Gasteiger partial charge in [-0.3, -0.25) is 4.79 Å². The van der Waals surface area contributed by atoms with Crippen LogP contribution < -0.4 is 10.1 Å². The molecule has 0 aliphatic rings. The number of nitrogens with one attached hydrogen (secondary N) is 1. The number of rotatable bonds is 5. The van der Waals surface area contributed by atoms with Crippen molar-refractivity contribution in [1.82, 2.24) is 0 Å². The quantitative estimate of drug-likeness (QED) is 0.684. The van der Waals surface area contributed by atoms with Gasteiger partial charge in [-0.05, 0) is 57.1 Å². The van der Waals surface area contributed by atoms with E-state index < -0.39 is 0 Å². The number of carbonyl (C=O) groups excluding carboxylic acids is 1. The molecule has 0 saturated carbocycles. The molecule has 0 saturated heterocycles. The minimum absolute atomic E-state index is 0.143. The molecule has 0 unspecified atom stereocenters. The molecule has 0 aliphatic carbocycles. The average Bonchev–Trinajstić information content (AvgIpc) is 2.54. The zero-order chi connectivity index (χ0) is 17.9. The van der Waals surface area contributed by atoms with E-state index in [4.69, 9.17) is 4.74 Å². The molecular formula is C20H24BrNO2. The van der Waals surface area contributed by atoms with Crippen molar-refractivity contribution in [3.8, 4) is 5.75 Å². The Bertz CT molecular complexity index is 712. The summed E-state index contributed by atoms with van der Waals surface area (Å²) >= 11 is 3.45. The fourth-order valence-electron chi connectivity index (χ4n) is 2.68. The first-order valence-corrected chi connectivity index (χ1v) is 8.92. The van der Waals surface area contributed by atoms with Gasteiger partial charge in [-0.15, -0.1) is 0 Å². The van der Waals surface area contributed by atoms with Crippen LogP contribution in [0.25, 0.3) is 0 Å². The summed E-state index contributed by atoms with van der Waals surface area (Å²) in [5.41, 5.74) is 3.77. The number of para-hydroxylation sites is 1. The molecule has 0 heterocycles. The van der Waals surface area contributed by atoms with Crippen LogP contribution in [-0.4, -0.2) is 13.0 Å². The molecule has 0 bridgehead atoms. The zero-order valence-corrected chi connectivity index (χ0v) is 16.4. The first-order valence-electron chi connectivity index (χ1n) is 8.12. The summed E-state index contributed by atoms with van der Waals surface area (Å²) in [5, 5.41) is 3.13. The van der Waals surface area contributed by atoms with Crippen LogP contribution in [0.3, 0.4) is 0 Å². The van der Waals surface area contributed by atoms with E-state index in [2.05, 4.69) is 67.1 Å². The van der Waals surface area contributed by atoms with E-state index >= 15 is 0 Å². The van der Waals surface area contributed by atoms with Crippen molar-refractivity contribution in [3.05, 3.63) is 57.6 Å². The SMILES string of the molecule is COc1ccc(Br)c(C(=O)Nc2c(C(C)C)cccc2C(C)C)c1. The van der Waals surface area contributed by atoms with Crippen LogP contribution in [0.5, 0.6) is 5.75 Å². The van der Waals surface area contributed by atoms with Gasteiger partial charge in [0.25, 0.3) is 5.91 Å². The third kappa shape index (κ3) is 3.99. The maximum Gasteiger partial charge on any atom is 0.256 e. The molecule has 128 valence electrons. The van der Waals surface area contributed by atoms with Gasteiger partial charge in [0.2, 0.25) is 0 Å². The number of halogens is 1. The largest absolute Gasteiger partial charge is 0.497 e. The van der Waals surface area contributed by atoms with Crippen molar-refractivity contribution in [3.63, 3.8) is 0 Å². The summed E-state index contributed by atoms with van der Waals surface area (Å²) in [7, 11) is 1.59. The Morgan fingerprint density at radius 1 is 1.04 bits per heavy atom. The number of hydrogen-bond donors (Lipinski definition) is 1. The van der Waals surface area contributed by atoms with Gasteiger partial charge in [-0.2, -0.15) is 0 Å². The number of amides is 1. The Labute approximate surface area is 152 Å². The molecule has 1 N–H and O–H groups in total. The van der Waals surface area contributed by atoms with Crippen LogP contribution >= 0.6 is 15.9 Å². The van der Waals surface area contributed by atoms with E-state index in [9.17, 15) is 4.79 Å². The van der Waals surface area contributed by atoms with Crippen molar-refractivity contribution in [1.29, 1.82) is 0 Å². The molecule has 0 atom stereocenters. The highest BCUT2D eigenvalue weighted by Gasteiger charge is 2.18. The number of ether oxygens (including phenoxy) is 1. The van der Waals surface area contributed by atoms with E-state index in [-0.39, 0.29) is 5.91 Å². The fourth-order valence-corrected chi connectivity index (χ4v) is 3.11.